The van der Waals surface area contributed by atoms with E-state index in [1.807, 2.05) is 6.92 Å². The molecule has 16 heavy (non-hydrogen) atoms. The first-order valence-corrected chi connectivity index (χ1v) is 5.55. The summed E-state index contributed by atoms with van der Waals surface area (Å²) in [6, 6.07) is 0. The fourth-order valence-electron chi connectivity index (χ4n) is 1.61. The van der Waals surface area contributed by atoms with Crippen LogP contribution >= 0.6 is 0 Å². The van der Waals surface area contributed by atoms with Crippen LogP contribution in [0.3, 0.4) is 0 Å². The van der Waals surface area contributed by atoms with Crippen molar-refractivity contribution in [2.75, 3.05) is 19.7 Å². The van der Waals surface area contributed by atoms with Crippen LogP contribution in [0.15, 0.2) is 5.16 Å². The van der Waals surface area contributed by atoms with Crippen LogP contribution in [-0.2, 0) is 9.53 Å². The number of hydrogen-bond acceptors (Lipinski definition) is 4. The molecule has 0 saturated carbocycles. The first-order chi connectivity index (χ1) is 7.69. The van der Waals surface area contributed by atoms with Crippen molar-refractivity contribution in [3.05, 3.63) is 0 Å². The lowest BCUT2D eigenvalue weighted by molar-refractivity contribution is -0.136. The number of rotatable bonds is 4. The van der Waals surface area contributed by atoms with Crippen molar-refractivity contribution in [2.24, 2.45) is 10.9 Å². The van der Waals surface area contributed by atoms with Crippen molar-refractivity contribution in [3.63, 3.8) is 0 Å². The standard InChI is InChI=1S/C10H19N3O3/c1-2-3-4-9(14)13-5-6-16-8(7-13)10(11)12-15/h8,15H,2-7H2,1H3,(H2,11,12). The van der Waals surface area contributed by atoms with Gasteiger partial charge in [0.1, 0.15) is 6.10 Å². The van der Waals surface area contributed by atoms with Gasteiger partial charge in [-0.1, -0.05) is 18.5 Å². The largest absolute Gasteiger partial charge is 0.409 e. The minimum absolute atomic E-state index is 0.0213. The molecule has 1 rings (SSSR count). The summed E-state index contributed by atoms with van der Waals surface area (Å²) in [5.74, 6) is 0.133. The molecule has 92 valence electrons. The molecule has 1 heterocycles. The van der Waals surface area contributed by atoms with E-state index in [0.717, 1.165) is 12.8 Å². The molecule has 1 aliphatic heterocycles. The molecule has 0 radical (unpaired) electrons. The average Bonchev–Trinajstić information content (AvgIpc) is 2.35. The Morgan fingerprint density at radius 3 is 3.06 bits per heavy atom. The van der Waals surface area contributed by atoms with Crippen LogP contribution in [-0.4, -0.2) is 47.7 Å². The van der Waals surface area contributed by atoms with Crippen molar-refractivity contribution in [1.29, 1.82) is 0 Å². The van der Waals surface area contributed by atoms with Gasteiger partial charge in [0.15, 0.2) is 5.84 Å². The molecule has 1 atom stereocenters. The SMILES string of the molecule is CCCCC(=O)N1CCOC(C(N)=NO)C1. The molecule has 0 aromatic heterocycles. The summed E-state index contributed by atoms with van der Waals surface area (Å²) in [7, 11) is 0. The van der Waals surface area contributed by atoms with E-state index in [1.165, 1.54) is 0 Å². The maximum atomic E-state index is 11.7. The van der Waals surface area contributed by atoms with Crippen molar-refractivity contribution in [3.8, 4) is 0 Å². The topological polar surface area (TPSA) is 88.2 Å². The van der Waals surface area contributed by atoms with E-state index in [2.05, 4.69) is 5.16 Å². The third-order valence-electron chi connectivity index (χ3n) is 2.61. The normalized spacial score (nSPS) is 22.2. The van der Waals surface area contributed by atoms with Gasteiger partial charge >= 0.3 is 0 Å². The summed E-state index contributed by atoms with van der Waals surface area (Å²) < 4.78 is 5.31. The summed E-state index contributed by atoms with van der Waals surface area (Å²) in [4.78, 5) is 13.5. The molecule has 1 unspecified atom stereocenters. The Bertz CT molecular complexity index is 268. The molecule has 0 aliphatic carbocycles. The zero-order valence-corrected chi connectivity index (χ0v) is 9.56. The van der Waals surface area contributed by atoms with E-state index < -0.39 is 6.10 Å². The number of hydrogen-bond donors (Lipinski definition) is 2. The highest BCUT2D eigenvalue weighted by Gasteiger charge is 2.26. The molecule has 0 aromatic carbocycles. The van der Waals surface area contributed by atoms with Gasteiger partial charge in [-0.2, -0.15) is 0 Å². The monoisotopic (exact) mass is 229 g/mol. The van der Waals surface area contributed by atoms with Crippen molar-refractivity contribution in [2.45, 2.75) is 32.3 Å². The zero-order valence-electron chi connectivity index (χ0n) is 9.56. The lowest BCUT2D eigenvalue weighted by Crippen LogP contribution is -2.50. The van der Waals surface area contributed by atoms with E-state index in [1.54, 1.807) is 4.90 Å². The van der Waals surface area contributed by atoms with Crippen molar-refractivity contribution < 1.29 is 14.7 Å². The van der Waals surface area contributed by atoms with Gasteiger partial charge in [-0.3, -0.25) is 4.79 Å². The second-order valence-electron chi connectivity index (χ2n) is 3.83. The minimum atomic E-state index is -0.482. The summed E-state index contributed by atoms with van der Waals surface area (Å²) >= 11 is 0. The van der Waals surface area contributed by atoms with Crippen molar-refractivity contribution in [1.82, 2.24) is 4.90 Å². The summed E-state index contributed by atoms with van der Waals surface area (Å²) in [5.41, 5.74) is 5.45. The summed E-state index contributed by atoms with van der Waals surface area (Å²) in [5, 5.41) is 11.4. The van der Waals surface area contributed by atoms with Crippen LogP contribution in [0.1, 0.15) is 26.2 Å². The Hall–Kier alpha value is -1.30. The number of amides is 1. The molecule has 0 spiro atoms. The van der Waals surface area contributed by atoms with Gasteiger partial charge in [0.25, 0.3) is 0 Å². The highest BCUT2D eigenvalue weighted by atomic mass is 16.5. The predicted octanol–water partition coefficient (Wildman–Crippen LogP) is 0.150. The first-order valence-electron chi connectivity index (χ1n) is 5.55. The van der Waals surface area contributed by atoms with Crippen LogP contribution in [0, 0.1) is 0 Å². The van der Waals surface area contributed by atoms with Gasteiger partial charge in [-0.05, 0) is 6.42 Å². The first kappa shape index (κ1) is 12.8. The third kappa shape index (κ3) is 3.37. The summed E-state index contributed by atoms with van der Waals surface area (Å²) in [6.07, 6.45) is 1.97. The van der Waals surface area contributed by atoms with Crippen LogP contribution in [0.5, 0.6) is 0 Å². The Morgan fingerprint density at radius 1 is 1.69 bits per heavy atom. The molecule has 6 nitrogen and oxygen atoms in total. The highest BCUT2D eigenvalue weighted by Crippen LogP contribution is 2.08. The van der Waals surface area contributed by atoms with Crippen molar-refractivity contribution >= 4 is 11.7 Å². The molecule has 3 N–H and O–H groups in total. The molecule has 1 amide bonds. The number of ether oxygens (including phenoxy) is 1. The summed E-state index contributed by atoms with van der Waals surface area (Å²) in [6.45, 7) is 3.43. The molecule has 1 fully saturated rings. The number of morpholine rings is 1. The number of carbonyl (C=O) groups is 1. The number of nitrogens with two attached hydrogens (primary N) is 1. The van der Waals surface area contributed by atoms with Crippen LogP contribution in [0.4, 0.5) is 0 Å². The van der Waals surface area contributed by atoms with Gasteiger partial charge in [0.05, 0.1) is 13.2 Å². The molecular formula is C10H19N3O3. The van der Waals surface area contributed by atoms with E-state index in [-0.39, 0.29) is 11.7 Å². The van der Waals surface area contributed by atoms with Gasteiger partial charge in [0, 0.05) is 13.0 Å². The molecule has 0 aromatic rings. The number of nitrogens with zero attached hydrogens (tertiary/aromatic N) is 2. The van der Waals surface area contributed by atoms with Gasteiger partial charge in [-0.15, -0.1) is 0 Å². The Labute approximate surface area is 95.0 Å². The van der Waals surface area contributed by atoms with E-state index >= 15 is 0 Å². The quantitative estimate of drug-likeness (QED) is 0.311. The fourth-order valence-corrected chi connectivity index (χ4v) is 1.61. The Balaban J connectivity index is 2.47. The molecular weight excluding hydrogens is 210 g/mol. The maximum Gasteiger partial charge on any atom is 0.222 e. The molecule has 6 heteroatoms. The number of oxime groups is 1. The number of unbranched alkanes of at least 4 members (excludes halogenated alkanes) is 1. The highest BCUT2D eigenvalue weighted by molar-refractivity contribution is 5.85. The lowest BCUT2D eigenvalue weighted by Gasteiger charge is -2.32. The lowest BCUT2D eigenvalue weighted by atomic mass is 10.2. The Kier molecular flexibility index (Phi) is 5.04. The smallest absolute Gasteiger partial charge is 0.222 e. The van der Waals surface area contributed by atoms with E-state index in [4.69, 9.17) is 15.7 Å². The van der Waals surface area contributed by atoms with Gasteiger partial charge in [0.2, 0.25) is 5.91 Å². The molecule has 1 aliphatic rings. The van der Waals surface area contributed by atoms with Crippen LogP contribution < -0.4 is 5.73 Å². The molecule has 1 saturated heterocycles. The fraction of sp³-hybridized carbons (Fsp3) is 0.800. The van der Waals surface area contributed by atoms with Gasteiger partial charge < -0.3 is 20.6 Å². The third-order valence-corrected chi connectivity index (χ3v) is 2.61. The van der Waals surface area contributed by atoms with Crippen LogP contribution in [0.25, 0.3) is 0 Å². The Morgan fingerprint density at radius 2 is 2.44 bits per heavy atom. The average molecular weight is 229 g/mol. The zero-order chi connectivity index (χ0) is 12.0. The maximum absolute atomic E-state index is 11.7. The van der Waals surface area contributed by atoms with E-state index in [0.29, 0.717) is 26.1 Å². The number of amidine groups is 1. The van der Waals surface area contributed by atoms with Gasteiger partial charge in [-0.25, -0.2) is 0 Å². The minimum Gasteiger partial charge on any atom is -0.409 e. The number of carbonyl (C=O) groups excluding carboxylic acids is 1. The second kappa shape index (κ2) is 6.32. The predicted molar refractivity (Wildman–Crippen MR) is 59.3 cm³/mol. The van der Waals surface area contributed by atoms with E-state index in [9.17, 15) is 4.79 Å². The second-order valence-corrected chi connectivity index (χ2v) is 3.83. The van der Waals surface area contributed by atoms with Crippen LogP contribution in [0.2, 0.25) is 0 Å². The molecule has 0 bridgehead atoms.